The van der Waals surface area contributed by atoms with Gasteiger partial charge in [-0.3, -0.25) is 4.79 Å². The van der Waals surface area contributed by atoms with Gasteiger partial charge in [0, 0.05) is 10.6 Å². The van der Waals surface area contributed by atoms with Gasteiger partial charge in [0.25, 0.3) is 5.91 Å². The van der Waals surface area contributed by atoms with Crippen LogP contribution in [-0.4, -0.2) is 40.1 Å². The molecule has 0 aliphatic rings. The summed E-state index contributed by atoms with van der Waals surface area (Å²) >= 11 is 5.79. The van der Waals surface area contributed by atoms with Crippen LogP contribution in [-0.2, 0) is 4.79 Å². The molecular formula is C18H19ClN2O5. The molecule has 0 atom stereocenters. The Labute approximate surface area is 156 Å². The molecule has 8 heteroatoms. The van der Waals surface area contributed by atoms with E-state index in [-0.39, 0.29) is 6.61 Å². The van der Waals surface area contributed by atoms with Crippen LogP contribution < -0.4 is 24.4 Å². The first-order chi connectivity index (χ1) is 12.6. The lowest BCUT2D eigenvalue weighted by molar-refractivity contribution is -0.123. The summed E-state index contributed by atoms with van der Waals surface area (Å²) in [6.07, 6.45) is 1.45. The highest BCUT2D eigenvalue weighted by atomic mass is 35.5. The normalized spacial score (nSPS) is 10.5. The van der Waals surface area contributed by atoms with Crippen LogP contribution in [0.3, 0.4) is 0 Å². The van der Waals surface area contributed by atoms with Gasteiger partial charge < -0.3 is 18.9 Å². The molecular weight excluding hydrogens is 360 g/mol. The van der Waals surface area contributed by atoms with Gasteiger partial charge in [0.15, 0.2) is 18.1 Å². The van der Waals surface area contributed by atoms with Crippen LogP contribution >= 0.6 is 11.6 Å². The molecule has 0 aliphatic heterocycles. The van der Waals surface area contributed by atoms with Crippen LogP contribution in [0.25, 0.3) is 0 Å². The maximum absolute atomic E-state index is 11.8. The minimum absolute atomic E-state index is 0.179. The topological polar surface area (TPSA) is 78.4 Å². The molecule has 0 fully saturated rings. The molecule has 2 aromatic rings. The number of hydrazone groups is 1. The minimum Gasteiger partial charge on any atom is -0.493 e. The van der Waals surface area contributed by atoms with Crippen molar-refractivity contribution >= 4 is 23.7 Å². The molecule has 0 aliphatic carbocycles. The molecule has 1 N–H and O–H groups in total. The molecule has 2 aromatic carbocycles. The van der Waals surface area contributed by atoms with E-state index < -0.39 is 5.91 Å². The van der Waals surface area contributed by atoms with E-state index in [4.69, 9.17) is 30.5 Å². The number of nitrogens with zero attached hydrogens (tertiary/aromatic N) is 1. The third-order valence-electron chi connectivity index (χ3n) is 3.31. The lowest BCUT2D eigenvalue weighted by Crippen LogP contribution is -2.24. The molecule has 26 heavy (non-hydrogen) atoms. The first-order valence-corrected chi connectivity index (χ1v) is 7.96. The number of ether oxygens (including phenoxy) is 4. The Bertz CT molecular complexity index is 778. The van der Waals surface area contributed by atoms with Gasteiger partial charge >= 0.3 is 0 Å². The molecule has 7 nitrogen and oxygen atoms in total. The molecule has 0 bridgehead atoms. The van der Waals surface area contributed by atoms with Crippen molar-refractivity contribution in [1.82, 2.24) is 5.43 Å². The van der Waals surface area contributed by atoms with Crippen molar-refractivity contribution < 1.29 is 23.7 Å². The largest absolute Gasteiger partial charge is 0.493 e. The summed E-state index contributed by atoms with van der Waals surface area (Å²) in [6, 6.07) is 10.2. The Morgan fingerprint density at radius 3 is 2.35 bits per heavy atom. The van der Waals surface area contributed by atoms with Crippen LogP contribution in [0.15, 0.2) is 41.5 Å². The summed E-state index contributed by atoms with van der Waals surface area (Å²) in [6.45, 7) is -0.179. The highest BCUT2D eigenvalue weighted by Gasteiger charge is 2.14. The fourth-order valence-electron chi connectivity index (χ4n) is 2.11. The first-order valence-electron chi connectivity index (χ1n) is 7.58. The average Bonchev–Trinajstić information content (AvgIpc) is 2.66. The number of carbonyl (C=O) groups excluding carboxylic acids is 1. The third-order valence-corrected chi connectivity index (χ3v) is 3.56. The Morgan fingerprint density at radius 2 is 1.73 bits per heavy atom. The van der Waals surface area contributed by atoms with Gasteiger partial charge in [0.1, 0.15) is 5.75 Å². The van der Waals surface area contributed by atoms with Crippen molar-refractivity contribution in [1.29, 1.82) is 0 Å². The molecule has 2 rings (SSSR count). The van der Waals surface area contributed by atoms with Crippen molar-refractivity contribution in [3.63, 3.8) is 0 Å². The number of carbonyl (C=O) groups is 1. The van der Waals surface area contributed by atoms with Crippen LogP contribution in [0, 0.1) is 0 Å². The van der Waals surface area contributed by atoms with E-state index in [9.17, 15) is 4.79 Å². The number of benzene rings is 2. The first kappa shape index (κ1) is 19.4. The predicted octanol–water partition coefficient (Wildman–Crippen LogP) is 2.89. The number of methoxy groups -OCH3 is 3. The number of hydrogen-bond acceptors (Lipinski definition) is 6. The van der Waals surface area contributed by atoms with E-state index in [0.29, 0.717) is 33.6 Å². The molecule has 0 heterocycles. The fraction of sp³-hybridized carbons (Fsp3) is 0.222. The molecule has 0 saturated carbocycles. The summed E-state index contributed by atoms with van der Waals surface area (Å²) in [5, 5.41) is 4.50. The number of rotatable bonds is 8. The molecule has 138 valence electrons. The highest BCUT2D eigenvalue weighted by Crippen LogP contribution is 2.38. The van der Waals surface area contributed by atoms with Gasteiger partial charge in [-0.15, -0.1) is 0 Å². The maximum atomic E-state index is 11.8. The summed E-state index contributed by atoms with van der Waals surface area (Å²) in [5.41, 5.74) is 3.00. The van der Waals surface area contributed by atoms with Crippen molar-refractivity contribution in [2.24, 2.45) is 5.10 Å². The molecule has 0 saturated heterocycles. The van der Waals surface area contributed by atoms with Crippen molar-refractivity contribution in [3.05, 3.63) is 47.0 Å². The Hall–Kier alpha value is -2.93. The molecule has 0 unspecified atom stereocenters. The van der Waals surface area contributed by atoms with Gasteiger partial charge in [-0.1, -0.05) is 11.6 Å². The summed E-state index contributed by atoms with van der Waals surface area (Å²) < 4.78 is 21.2. The zero-order chi connectivity index (χ0) is 18.9. The van der Waals surface area contributed by atoms with Gasteiger partial charge in [0.05, 0.1) is 27.5 Å². The zero-order valence-electron chi connectivity index (χ0n) is 14.6. The zero-order valence-corrected chi connectivity index (χ0v) is 15.4. The van der Waals surface area contributed by atoms with Gasteiger partial charge in [-0.25, -0.2) is 5.43 Å². The van der Waals surface area contributed by atoms with Gasteiger partial charge in [-0.2, -0.15) is 5.10 Å². The molecule has 1 amide bonds. The number of halogens is 1. The van der Waals surface area contributed by atoms with E-state index in [1.165, 1.54) is 27.5 Å². The molecule has 0 aromatic heterocycles. The standard InChI is InChI=1S/C18H19ClN2O5/c1-23-15-9-4-12(17(24-2)18(15)25-3)10-20-21-16(22)11-26-14-7-5-13(19)6-8-14/h4-10H,11H2,1-3H3,(H,21,22)/b20-10+. The second-order valence-electron chi connectivity index (χ2n) is 4.96. The van der Waals surface area contributed by atoms with Crippen LogP contribution in [0.5, 0.6) is 23.0 Å². The minimum atomic E-state index is -0.407. The van der Waals surface area contributed by atoms with Crippen LogP contribution in [0.1, 0.15) is 5.56 Å². The smallest absolute Gasteiger partial charge is 0.277 e. The van der Waals surface area contributed by atoms with E-state index in [1.54, 1.807) is 36.4 Å². The lowest BCUT2D eigenvalue weighted by atomic mass is 10.2. The average molecular weight is 379 g/mol. The van der Waals surface area contributed by atoms with Crippen molar-refractivity contribution in [3.8, 4) is 23.0 Å². The quantitative estimate of drug-likeness (QED) is 0.564. The number of nitrogens with one attached hydrogen (secondary N) is 1. The monoisotopic (exact) mass is 378 g/mol. The lowest BCUT2D eigenvalue weighted by Gasteiger charge is -2.13. The summed E-state index contributed by atoms with van der Waals surface area (Å²) in [4.78, 5) is 11.8. The Kier molecular flexibility index (Phi) is 7.11. The maximum Gasteiger partial charge on any atom is 0.277 e. The number of amides is 1. The van der Waals surface area contributed by atoms with E-state index in [1.807, 2.05) is 0 Å². The van der Waals surface area contributed by atoms with E-state index >= 15 is 0 Å². The summed E-state index contributed by atoms with van der Waals surface area (Å²) in [5.74, 6) is 1.55. The van der Waals surface area contributed by atoms with Crippen molar-refractivity contribution in [2.45, 2.75) is 0 Å². The van der Waals surface area contributed by atoms with E-state index in [0.717, 1.165) is 0 Å². The predicted molar refractivity (Wildman–Crippen MR) is 98.8 cm³/mol. The fourth-order valence-corrected chi connectivity index (χ4v) is 2.24. The molecule has 0 radical (unpaired) electrons. The highest BCUT2D eigenvalue weighted by molar-refractivity contribution is 6.30. The SMILES string of the molecule is COc1ccc(/C=N/NC(=O)COc2ccc(Cl)cc2)c(OC)c1OC. The van der Waals surface area contributed by atoms with Crippen LogP contribution in [0.2, 0.25) is 5.02 Å². The van der Waals surface area contributed by atoms with Crippen molar-refractivity contribution in [2.75, 3.05) is 27.9 Å². The van der Waals surface area contributed by atoms with E-state index in [2.05, 4.69) is 10.5 Å². The number of hydrogen-bond donors (Lipinski definition) is 1. The third kappa shape index (κ3) is 5.03. The van der Waals surface area contributed by atoms with Gasteiger partial charge in [0.2, 0.25) is 5.75 Å². The van der Waals surface area contributed by atoms with Gasteiger partial charge in [-0.05, 0) is 36.4 Å². The molecule has 0 spiro atoms. The Morgan fingerprint density at radius 1 is 1.04 bits per heavy atom. The second kappa shape index (κ2) is 9.53. The summed E-state index contributed by atoms with van der Waals surface area (Å²) in [7, 11) is 4.55. The Balaban J connectivity index is 1.97. The second-order valence-corrected chi connectivity index (χ2v) is 5.40. The van der Waals surface area contributed by atoms with Crippen LogP contribution in [0.4, 0.5) is 0 Å².